The van der Waals surface area contributed by atoms with E-state index >= 15 is 0 Å². The Morgan fingerprint density at radius 2 is 1.74 bits per heavy atom. The van der Waals surface area contributed by atoms with Gasteiger partial charge in [-0.3, -0.25) is 9.59 Å². The second-order valence-electron chi connectivity index (χ2n) is 3.70. The molecular weight excluding hydrogens is 262 g/mol. The minimum atomic E-state index is -2.06. The molecule has 9 nitrogen and oxygen atoms in total. The molecule has 1 amide bonds. The molecule has 9 heteroatoms. The molecule has 6 N–H and O–H groups in total. The molecule has 0 aromatic carbocycles. The largest absolute Gasteiger partial charge is 0.465 e. The van der Waals surface area contributed by atoms with Crippen LogP contribution in [-0.4, -0.2) is 81.6 Å². The van der Waals surface area contributed by atoms with Gasteiger partial charge in [-0.1, -0.05) is 0 Å². The van der Waals surface area contributed by atoms with Gasteiger partial charge >= 0.3 is 5.97 Å². The van der Waals surface area contributed by atoms with E-state index in [4.69, 9.17) is 10.2 Å². The molecule has 0 saturated carbocycles. The summed E-state index contributed by atoms with van der Waals surface area (Å²) in [5.74, 6) is -1.85. The van der Waals surface area contributed by atoms with Crippen LogP contribution in [0.5, 0.6) is 0 Å². The highest BCUT2D eigenvalue weighted by atomic mass is 16.5. The zero-order valence-corrected chi connectivity index (χ0v) is 10.4. The van der Waals surface area contributed by atoms with E-state index in [-0.39, 0.29) is 6.61 Å². The van der Waals surface area contributed by atoms with Crippen molar-refractivity contribution in [2.24, 2.45) is 0 Å². The van der Waals surface area contributed by atoms with Gasteiger partial charge in [-0.2, -0.15) is 0 Å². The van der Waals surface area contributed by atoms with Crippen LogP contribution in [-0.2, 0) is 14.3 Å². The van der Waals surface area contributed by atoms with Crippen LogP contribution >= 0.6 is 0 Å². The third-order valence-corrected chi connectivity index (χ3v) is 2.24. The predicted molar refractivity (Wildman–Crippen MR) is 60.8 cm³/mol. The van der Waals surface area contributed by atoms with Crippen molar-refractivity contribution < 1.29 is 39.9 Å². The van der Waals surface area contributed by atoms with Crippen LogP contribution in [0.3, 0.4) is 0 Å². The highest BCUT2D eigenvalue weighted by molar-refractivity contribution is 5.85. The second-order valence-corrected chi connectivity index (χ2v) is 3.70. The van der Waals surface area contributed by atoms with Gasteiger partial charge in [0, 0.05) is 0 Å². The molecule has 0 spiro atoms. The van der Waals surface area contributed by atoms with Gasteiger partial charge in [0.1, 0.15) is 24.9 Å². The van der Waals surface area contributed by atoms with E-state index in [1.807, 2.05) is 5.32 Å². The van der Waals surface area contributed by atoms with Crippen molar-refractivity contribution in [1.82, 2.24) is 5.32 Å². The molecule has 0 aliphatic heterocycles. The van der Waals surface area contributed by atoms with Crippen molar-refractivity contribution in [3.05, 3.63) is 0 Å². The third kappa shape index (κ3) is 5.94. The number of amides is 1. The lowest BCUT2D eigenvalue weighted by atomic mass is 10.0. The minimum absolute atomic E-state index is 0.126. The number of carbonyl (C=O) groups excluding carboxylic acids is 2. The van der Waals surface area contributed by atoms with Crippen molar-refractivity contribution in [1.29, 1.82) is 0 Å². The van der Waals surface area contributed by atoms with Gasteiger partial charge in [0.2, 0.25) is 0 Å². The number of hydrogen-bond acceptors (Lipinski definition) is 8. The maximum atomic E-state index is 11.3. The van der Waals surface area contributed by atoms with Crippen molar-refractivity contribution in [3.8, 4) is 0 Å². The van der Waals surface area contributed by atoms with E-state index in [1.54, 1.807) is 6.92 Å². The molecule has 19 heavy (non-hydrogen) atoms. The number of carbonyl (C=O) groups is 2. The topological polar surface area (TPSA) is 157 Å². The zero-order valence-electron chi connectivity index (χ0n) is 10.4. The van der Waals surface area contributed by atoms with Crippen LogP contribution in [0.25, 0.3) is 0 Å². The maximum Gasteiger partial charge on any atom is 0.325 e. The molecule has 0 saturated heterocycles. The lowest BCUT2D eigenvalue weighted by molar-refractivity contribution is -0.152. The lowest BCUT2D eigenvalue weighted by Crippen LogP contribution is -2.52. The molecule has 0 rings (SSSR count). The van der Waals surface area contributed by atoms with Crippen LogP contribution in [0.1, 0.15) is 6.92 Å². The Kier molecular flexibility index (Phi) is 8.19. The summed E-state index contributed by atoms with van der Waals surface area (Å²) in [4.78, 5) is 22.2. The molecule has 0 fully saturated rings. The molecule has 112 valence electrons. The van der Waals surface area contributed by atoms with E-state index in [1.165, 1.54) is 0 Å². The lowest BCUT2D eigenvalue weighted by Gasteiger charge is -2.24. The van der Waals surface area contributed by atoms with Crippen LogP contribution in [0.2, 0.25) is 0 Å². The third-order valence-electron chi connectivity index (χ3n) is 2.24. The summed E-state index contributed by atoms with van der Waals surface area (Å²) in [6.45, 7) is 0.344. The van der Waals surface area contributed by atoms with E-state index < -0.39 is 49.4 Å². The first-order valence-corrected chi connectivity index (χ1v) is 5.61. The van der Waals surface area contributed by atoms with Crippen LogP contribution in [0, 0.1) is 0 Å². The Bertz CT molecular complexity index is 297. The van der Waals surface area contributed by atoms with Gasteiger partial charge in [0.05, 0.1) is 13.2 Å². The Morgan fingerprint density at radius 3 is 2.21 bits per heavy atom. The van der Waals surface area contributed by atoms with Crippen molar-refractivity contribution >= 4 is 11.9 Å². The van der Waals surface area contributed by atoms with Gasteiger partial charge in [0.15, 0.2) is 6.10 Å². The van der Waals surface area contributed by atoms with Crippen LogP contribution in [0.15, 0.2) is 0 Å². The summed E-state index contributed by atoms with van der Waals surface area (Å²) < 4.78 is 4.52. The molecular formula is C10H19NO8. The fourth-order valence-electron chi connectivity index (χ4n) is 1.15. The molecule has 0 heterocycles. The van der Waals surface area contributed by atoms with Gasteiger partial charge in [0.25, 0.3) is 5.91 Å². The smallest absolute Gasteiger partial charge is 0.325 e. The molecule has 0 aliphatic rings. The summed E-state index contributed by atoms with van der Waals surface area (Å²) in [6, 6.07) is 0. The maximum absolute atomic E-state index is 11.3. The van der Waals surface area contributed by atoms with Crippen molar-refractivity contribution in [2.75, 3.05) is 19.8 Å². The fraction of sp³-hybridized carbons (Fsp3) is 0.800. The standard InChI is InChI=1S/C10H19NO8/c1-2-19-6(14)3-11-10(18)9(17)8(16)7(15)5(13)4-12/h5,7-9,12-13,15-17H,2-4H2,1H3,(H,11,18). The fourth-order valence-corrected chi connectivity index (χ4v) is 1.15. The summed E-state index contributed by atoms with van der Waals surface area (Å²) in [5.41, 5.74) is 0. The first-order chi connectivity index (χ1) is 8.84. The summed E-state index contributed by atoms with van der Waals surface area (Å²) >= 11 is 0. The minimum Gasteiger partial charge on any atom is -0.465 e. The molecule has 4 unspecified atom stereocenters. The Morgan fingerprint density at radius 1 is 1.16 bits per heavy atom. The Hall–Kier alpha value is -1.26. The summed E-state index contributed by atoms with van der Waals surface area (Å²) in [7, 11) is 0. The molecule has 0 radical (unpaired) electrons. The summed E-state index contributed by atoms with van der Waals surface area (Å²) in [6.07, 6.45) is -7.69. The second kappa shape index (κ2) is 8.77. The number of rotatable bonds is 8. The number of hydrogen-bond donors (Lipinski definition) is 6. The van der Waals surface area contributed by atoms with Crippen LogP contribution in [0.4, 0.5) is 0 Å². The molecule has 0 aliphatic carbocycles. The predicted octanol–water partition coefficient (Wildman–Crippen LogP) is -3.90. The van der Waals surface area contributed by atoms with E-state index in [0.29, 0.717) is 0 Å². The first-order valence-electron chi connectivity index (χ1n) is 5.61. The highest BCUT2D eigenvalue weighted by Gasteiger charge is 2.34. The highest BCUT2D eigenvalue weighted by Crippen LogP contribution is 2.05. The average molecular weight is 281 g/mol. The van der Waals surface area contributed by atoms with E-state index in [9.17, 15) is 24.9 Å². The van der Waals surface area contributed by atoms with Gasteiger partial charge in [-0.25, -0.2) is 0 Å². The number of ether oxygens (including phenoxy) is 1. The normalized spacial score (nSPS) is 17.2. The molecule has 0 aromatic rings. The van der Waals surface area contributed by atoms with Gasteiger partial charge in [-0.05, 0) is 6.92 Å². The van der Waals surface area contributed by atoms with Crippen LogP contribution < -0.4 is 5.32 Å². The number of nitrogens with one attached hydrogen (secondary N) is 1. The number of aliphatic hydroxyl groups excluding tert-OH is 5. The number of esters is 1. The Labute approximate surface area is 109 Å². The van der Waals surface area contributed by atoms with E-state index in [2.05, 4.69) is 4.74 Å². The molecule has 4 atom stereocenters. The van der Waals surface area contributed by atoms with Crippen molar-refractivity contribution in [3.63, 3.8) is 0 Å². The van der Waals surface area contributed by atoms with E-state index in [0.717, 1.165) is 0 Å². The zero-order chi connectivity index (χ0) is 15.0. The first kappa shape index (κ1) is 17.7. The quantitative estimate of drug-likeness (QED) is 0.246. The number of aliphatic hydroxyl groups is 5. The van der Waals surface area contributed by atoms with Gasteiger partial charge < -0.3 is 35.6 Å². The molecule has 0 aromatic heterocycles. The summed E-state index contributed by atoms with van der Waals surface area (Å²) in [5, 5.41) is 47.6. The Balaban J connectivity index is 4.28. The monoisotopic (exact) mass is 281 g/mol. The SMILES string of the molecule is CCOC(=O)CNC(=O)C(O)C(O)C(O)C(O)CO. The molecule has 0 bridgehead atoms. The van der Waals surface area contributed by atoms with Gasteiger partial charge in [-0.15, -0.1) is 0 Å². The van der Waals surface area contributed by atoms with Crippen molar-refractivity contribution in [2.45, 2.75) is 31.3 Å². The average Bonchev–Trinajstić information content (AvgIpc) is 2.41.